The number of aromatic nitrogens is 4. The minimum atomic E-state index is -0.225. The minimum Gasteiger partial charge on any atom is -0.354 e. The summed E-state index contributed by atoms with van der Waals surface area (Å²) in [5.74, 6) is 0.487. The average molecular weight is 376 g/mol. The molecule has 1 N–H and O–H groups in total. The van der Waals surface area contributed by atoms with Crippen molar-refractivity contribution in [3.63, 3.8) is 0 Å². The number of nitrogens with one attached hydrogen (secondary N) is 1. The average Bonchev–Trinajstić information content (AvgIpc) is 2.98. The number of imidazole rings is 1. The number of hydrogen-bond acceptors (Lipinski definition) is 5. The lowest BCUT2D eigenvalue weighted by molar-refractivity contribution is 0.0746. The van der Waals surface area contributed by atoms with Crippen molar-refractivity contribution in [1.29, 1.82) is 0 Å². The van der Waals surface area contributed by atoms with E-state index in [9.17, 15) is 9.59 Å². The molecule has 0 radical (unpaired) electrons. The molecule has 0 spiro atoms. The number of hydrogen-bond donors (Lipinski definition) is 1. The standard InChI is InChI=1S/C20H20N6O2/c1-21-19(27)16-15-8-11-25(20(28)17-22-9-5-10-23-17)12-13-26(15)18(24-16)14-6-3-2-4-7-14/h2-7,9-10H,8,11-13H2,1H3,(H,21,27). The van der Waals surface area contributed by atoms with Gasteiger partial charge in [-0.05, 0) is 6.07 Å². The zero-order valence-corrected chi connectivity index (χ0v) is 15.5. The van der Waals surface area contributed by atoms with Gasteiger partial charge in [0.1, 0.15) is 11.5 Å². The fourth-order valence-corrected chi connectivity index (χ4v) is 3.42. The Morgan fingerprint density at radius 3 is 2.46 bits per heavy atom. The predicted molar refractivity (Wildman–Crippen MR) is 103 cm³/mol. The molecule has 0 saturated carbocycles. The maximum absolute atomic E-state index is 12.8. The number of carbonyl (C=O) groups is 2. The second kappa shape index (κ2) is 7.59. The van der Waals surface area contributed by atoms with Crippen molar-refractivity contribution >= 4 is 11.8 Å². The Kier molecular flexibility index (Phi) is 4.84. The highest BCUT2D eigenvalue weighted by Gasteiger charge is 2.28. The van der Waals surface area contributed by atoms with E-state index >= 15 is 0 Å². The molecule has 28 heavy (non-hydrogen) atoms. The lowest BCUT2D eigenvalue weighted by atomic mass is 10.2. The predicted octanol–water partition coefficient (Wildman–Crippen LogP) is 1.40. The molecule has 2 amide bonds. The van der Waals surface area contributed by atoms with Crippen LogP contribution < -0.4 is 5.32 Å². The van der Waals surface area contributed by atoms with E-state index in [1.165, 1.54) is 0 Å². The second-order valence-corrected chi connectivity index (χ2v) is 6.44. The van der Waals surface area contributed by atoms with Gasteiger partial charge in [-0.25, -0.2) is 15.0 Å². The Bertz CT molecular complexity index is 1000. The van der Waals surface area contributed by atoms with Crippen LogP contribution in [0.4, 0.5) is 0 Å². The van der Waals surface area contributed by atoms with Crippen LogP contribution in [0.25, 0.3) is 11.4 Å². The molecule has 0 fully saturated rings. The van der Waals surface area contributed by atoms with Crippen LogP contribution in [0.5, 0.6) is 0 Å². The van der Waals surface area contributed by atoms with Gasteiger partial charge in [0.15, 0.2) is 0 Å². The highest BCUT2D eigenvalue weighted by atomic mass is 16.2. The van der Waals surface area contributed by atoms with E-state index in [4.69, 9.17) is 0 Å². The maximum Gasteiger partial charge on any atom is 0.291 e. The van der Waals surface area contributed by atoms with Gasteiger partial charge < -0.3 is 14.8 Å². The van der Waals surface area contributed by atoms with Crippen LogP contribution in [0.1, 0.15) is 26.8 Å². The number of amides is 2. The van der Waals surface area contributed by atoms with Crippen molar-refractivity contribution in [2.24, 2.45) is 0 Å². The summed E-state index contributed by atoms with van der Waals surface area (Å²) in [5.41, 5.74) is 2.18. The smallest absolute Gasteiger partial charge is 0.291 e. The molecule has 3 heterocycles. The molecular weight excluding hydrogens is 356 g/mol. The third kappa shape index (κ3) is 3.24. The Hall–Kier alpha value is -3.55. The van der Waals surface area contributed by atoms with Gasteiger partial charge in [0.2, 0.25) is 5.82 Å². The monoisotopic (exact) mass is 376 g/mol. The Balaban J connectivity index is 1.69. The molecule has 0 saturated heterocycles. The normalized spacial score (nSPS) is 13.5. The lowest BCUT2D eigenvalue weighted by Gasteiger charge is -2.19. The van der Waals surface area contributed by atoms with E-state index in [0.29, 0.717) is 31.7 Å². The Morgan fingerprint density at radius 1 is 1.00 bits per heavy atom. The van der Waals surface area contributed by atoms with Gasteiger partial charge in [0.05, 0.1) is 5.69 Å². The van der Waals surface area contributed by atoms with E-state index in [2.05, 4.69) is 20.3 Å². The first kappa shape index (κ1) is 17.8. The second-order valence-electron chi connectivity index (χ2n) is 6.44. The van der Waals surface area contributed by atoms with Gasteiger partial charge in [-0.1, -0.05) is 30.3 Å². The molecule has 0 aliphatic carbocycles. The fraction of sp³-hybridized carbons (Fsp3) is 0.250. The van der Waals surface area contributed by atoms with Crippen molar-refractivity contribution in [2.75, 3.05) is 20.1 Å². The van der Waals surface area contributed by atoms with Crippen molar-refractivity contribution in [3.05, 3.63) is 66.0 Å². The van der Waals surface area contributed by atoms with Crippen LogP contribution in [-0.2, 0) is 13.0 Å². The first-order valence-electron chi connectivity index (χ1n) is 9.12. The van der Waals surface area contributed by atoms with E-state index in [-0.39, 0.29) is 17.6 Å². The van der Waals surface area contributed by atoms with Crippen LogP contribution in [0, 0.1) is 0 Å². The van der Waals surface area contributed by atoms with E-state index in [0.717, 1.165) is 17.1 Å². The number of nitrogens with zero attached hydrogens (tertiary/aromatic N) is 5. The van der Waals surface area contributed by atoms with Crippen LogP contribution in [0.3, 0.4) is 0 Å². The summed E-state index contributed by atoms with van der Waals surface area (Å²) in [5, 5.41) is 2.66. The van der Waals surface area contributed by atoms with Crippen LogP contribution in [-0.4, -0.2) is 56.4 Å². The quantitative estimate of drug-likeness (QED) is 0.746. The van der Waals surface area contributed by atoms with Crippen LogP contribution >= 0.6 is 0 Å². The summed E-state index contributed by atoms with van der Waals surface area (Å²) in [6.07, 6.45) is 3.65. The third-order valence-electron chi connectivity index (χ3n) is 4.80. The zero-order chi connectivity index (χ0) is 19.5. The lowest BCUT2D eigenvalue weighted by Crippen LogP contribution is -2.34. The zero-order valence-electron chi connectivity index (χ0n) is 15.5. The van der Waals surface area contributed by atoms with Crippen LogP contribution in [0.2, 0.25) is 0 Å². The van der Waals surface area contributed by atoms with E-state index in [1.54, 1.807) is 30.4 Å². The molecular formula is C20H20N6O2. The van der Waals surface area contributed by atoms with Gasteiger partial charge in [-0.2, -0.15) is 0 Å². The Morgan fingerprint density at radius 2 is 1.75 bits per heavy atom. The molecule has 1 aromatic carbocycles. The van der Waals surface area contributed by atoms with Gasteiger partial charge >= 0.3 is 0 Å². The summed E-state index contributed by atoms with van der Waals surface area (Å²) in [6, 6.07) is 11.4. The highest BCUT2D eigenvalue weighted by Crippen LogP contribution is 2.25. The molecule has 1 aliphatic rings. The molecule has 4 rings (SSSR count). The molecule has 3 aromatic rings. The van der Waals surface area contributed by atoms with Crippen molar-refractivity contribution in [3.8, 4) is 11.4 Å². The summed E-state index contributed by atoms with van der Waals surface area (Å²) < 4.78 is 2.04. The topological polar surface area (TPSA) is 93.0 Å². The number of rotatable bonds is 3. The van der Waals surface area contributed by atoms with Gasteiger partial charge in [0, 0.05) is 51.1 Å². The molecule has 142 valence electrons. The van der Waals surface area contributed by atoms with Crippen molar-refractivity contribution < 1.29 is 9.59 Å². The first-order chi connectivity index (χ1) is 13.7. The van der Waals surface area contributed by atoms with Crippen molar-refractivity contribution in [2.45, 2.75) is 13.0 Å². The van der Waals surface area contributed by atoms with Gasteiger partial charge in [-0.15, -0.1) is 0 Å². The summed E-state index contributed by atoms with van der Waals surface area (Å²) >= 11 is 0. The summed E-state index contributed by atoms with van der Waals surface area (Å²) in [4.78, 5) is 39.6. The van der Waals surface area contributed by atoms with Crippen molar-refractivity contribution in [1.82, 2.24) is 29.7 Å². The third-order valence-corrected chi connectivity index (χ3v) is 4.80. The largest absolute Gasteiger partial charge is 0.354 e. The molecule has 8 nitrogen and oxygen atoms in total. The van der Waals surface area contributed by atoms with Gasteiger partial charge in [-0.3, -0.25) is 9.59 Å². The fourth-order valence-electron chi connectivity index (χ4n) is 3.42. The molecule has 2 aromatic heterocycles. The minimum absolute atomic E-state index is 0.182. The summed E-state index contributed by atoms with van der Waals surface area (Å²) in [6.45, 7) is 1.51. The number of carbonyl (C=O) groups excluding carboxylic acids is 2. The molecule has 0 bridgehead atoms. The molecule has 8 heteroatoms. The molecule has 1 aliphatic heterocycles. The van der Waals surface area contributed by atoms with Gasteiger partial charge in [0.25, 0.3) is 11.8 Å². The van der Waals surface area contributed by atoms with Crippen LogP contribution in [0.15, 0.2) is 48.8 Å². The SMILES string of the molecule is CNC(=O)c1nc(-c2ccccc2)n2c1CCN(C(=O)c1ncccn1)CC2. The summed E-state index contributed by atoms with van der Waals surface area (Å²) in [7, 11) is 1.59. The number of fused-ring (bicyclic) bond motifs is 1. The first-order valence-corrected chi connectivity index (χ1v) is 9.12. The molecule has 0 unspecified atom stereocenters. The van der Waals surface area contributed by atoms with E-state index in [1.807, 2.05) is 34.9 Å². The van der Waals surface area contributed by atoms with E-state index < -0.39 is 0 Å². The highest BCUT2D eigenvalue weighted by molar-refractivity contribution is 5.94. The Labute approximate surface area is 162 Å². The molecule has 0 atom stereocenters. The maximum atomic E-state index is 12.8. The number of benzene rings is 1.